The van der Waals surface area contributed by atoms with E-state index in [-0.39, 0.29) is 34.6 Å². The maximum atomic E-state index is 11.1. The fraction of sp³-hybridized carbons (Fsp3) is 0.333. The standard InChI is InChI=1S/C15H19N2O9P/c1-7-13(19)10(9(4-16-7)6-26-27(23,24)25)5-17-11-2-8(15(21)22)3-12(18)14(11)20/h2,4-5,12,14,16,18-20H,3,6H2,1H3,(H,21,22)(H2,23,24,25)/b10-5-,17-11?/t12-,14-/m1/s1. The number of carbonyl (C=O) groups is 1. The maximum Gasteiger partial charge on any atom is 0.469 e. The number of aliphatic carboxylic acids is 1. The van der Waals surface area contributed by atoms with Crippen molar-refractivity contribution in [1.29, 1.82) is 0 Å². The van der Waals surface area contributed by atoms with Crippen molar-refractivity contribution in [3.05, 3.63) is 46.7 Å². The minimum atomic E-state index is -4.75. The molecule has 2 rings (SSSR count). The third-order valence-electron chi connectivity index (χ3n) is 3.84. The maximum absolute atomic E-state index is 11.1. The molecule has 0 saturated carbocycles. The lowest BCUT2D eigenvalue weighted by Gasteiger charge is -2.23. The van der Waals surface area contributed by atoms with Gasteiger partial charge in [0, 0.05) is 35.5 Å². The number of hydrogen-bond acceptors (Lipinski definition) is 8. The normalized spacial score (nSPS) is 26.7. The van der Waals surface area contributed by atoms with Gasteiger partial charge in [0.15, 0.2) is 0 Å². The SMILES string of the molecule is CC1=C(O)/C(=C\N=C2C=C(C(=O)O)C[C@@H](O)[C@@H]2O)C(COP(=O)(O)O)=CN1. The lowest BCUT2D eigenvalue weighted by molar-refractivity contribution is -0.133. The third-order valence-corrected chi connectivity index (χ3v) is 4.31. The highest BCUT2D eigenvalue weighted by Crippen LogP contribution is 2.37. The minimum absolute atomic E-state index is 0.0461. The molecule has 1 aliphatic carbocycles. The molecule has 0 bridgehead atoms. The number of aliphatic imine (C=N–C) groups is 1. The Morgan fingerprint density at radius 1 is 1.44 bits per heavy atom. The van der Waals surface area contributed by atoms with Crippen LogP contribution < -0.4 is 5.32 Å². The van der Waals surface area contributed by atoms with E-state index in [1.807, 2.05) is 0 Å². The van der Waals surface area contributed by atoms with Crippen LogP contribution in [0.3, 0.4) is 0 Å². The van der Waals surface area contributed by atoms with Crippen LogP contribution in [-0.2, 0) is 13.9 Å². The summed E-state index contributed by atoms with van der Waals surface area (Å²) in [6.07, 6.45) is 0.508. The Kier molecular flexibility index (Phi) is 6.37. The molecule has 0 aromatic carbocycles. The van der Waals surface area contributed by atoms with Crippen LogP contribution in [-0.4, -0.2) is 60.7 Å². The van der Waals surface area contributed by atoms with Crippen LogP contribution in [0.4, 0.5) is 0 Å². The topological polar surface area (TPSA) is 189 Å². The summed E-state index contributed by atoms with van der Waals surface area (Å²) < 4.78 is 15.3. The van der Waals surface area contributed by atoms with E-state index in [1.165, 1.54) is 13.1 Å². The van der Waals surface area contributed by atoms with Crippen molar-refractivity contribution >= 4 is 19.5 Å². The lowest BCUT2D eigenvalue weighted by Crippen LogP contribution is -2.37. The Bertz CT molecular complexity index is 834. The summed E-state index contributed by atoms with van der Waals surface area (Å²) in [6.45, 7) is 0.988. The number of allylic oxidation sites excluding steroid dienone is 2. The molecule has 0 unspecified atom stereocenters. The minimum Gasteiger partial charge on any atom is -0.505 e. The largest absolute Gasteiger partial charge is 0.505 e. The molecule has 7 N–H and O–H groups in total. The molecule has 2 aliphatic rings. The molecule has 12 heteroatoms. The molecule has 0 aromatic rings. The molecule has 0 saturated heterocycles. The van der Waals surface area contributed by atoms with Gasteiger partial charge in [-0.2, -0.15) is 0 Å². The average Bonchev–Trinajstić information content (AvgIpc) is 2.57. The number of nitrogens with one attached hydrogen (secondary N) is 1. The van der Waals surface area contributed by atoms with Gasteiger partial charge in [0.05, 0.1) is 24.1 Å². The number of phosphoric ester groups is 1. The second-order valence-electron chi connectivity index (χ2n) is 5.84. The molecule has 0 aromatic heterocycles. The Labute approximate surface area is 153 Å². The number of nitrogens with zero attached hydrogens (tertiary/aromatic N) is 1. The summed E-state index contributed by atoms with van der Waals surface area (Å²) in [4.78, 5) is 32.7. The van der Waals surface area contributed by atoms with E-state index >= 15 is 0 Å². The van der Waals surface area contributed by atoms with Crippen molar-refractivity contribution in [2.24, 2.45) is 4.99 Å². The van der Waals surface area contributed by atoms with E-state index in [0.717, 1.165) is 12.3 Å². The van der Waals surface area contributed by atoms with Gasteiger partial charge in [0.25, 0.3) is 0 Å². The second-order valence-corrected chi connectivity index (χ2v) is 7.08. The Balaban J connectivity index is 2.39. The van der Waals surface area contributed by atoms with E-state index in [0.29, 0.717) is 5.70 Å². The summed E-state index contributed by atoms with van der Waals surface area (Å²) in [5, 5.41) is 41.7. The quantitative estimate of drug-likeness (QED) is 0.304. The van der Waals surface area contributed by atoms with Crippen molar-refractivity contribution < 1.29 is 44.1 Å². The van der Waals surface area contributed by atoms with Crippen LogP contribution >= 0.6 is 7.82 Å². The highest BCUT2D eigenvalue weighted by Gasteiger charge is 2.30. The molecular formula is C15H19N2O9P. The summed E-state index contributed by atoms with van der Waals surface area (Å²) in [5.74, 6) is -1.54. The van der Waals surface area contributed by atoms with Crippen molar-refractivity contribution in [1.82, 2.24) is 5.32 Å². The number of dihydropyridines is 1. The number of hydrogen-bond donors (Lipinski definition) is 7. The van der Waals surface area contributed by atoms with Gasteiger partial charge >= 0.3 is 13.8 Å². The molecule has 1 aliphatic heterocycles. The van der Waals surface area contributed by atoms with Crippen LogP contribution in [0.25, 0.3) is 0 Å². The summed E-state index contributed by atoms with van der Waals surface area (Å²) in [7, 11) is -4.75. The van der Waals surface area contributed by atoms with E-state index < -0.39 is 32.6 Å². The monoisotopic (exact) mass is 402 g/mol. The highest BCUT2D eigenvalue weighted by molar-refractivity contribution is 7.46. The van der Waals surface area contributed by atoms with Crippen LogP contribution in [0.15, 0.2) is 51.6 Å². The number of carboxylic acid groups (broad SMARTS) is 1. The van der Waals surface area contributed by atoms with Gasteiger partial charge < -0.3 is 35.5 Å². The first-order valence-electron chi connectivity index (χ1n) is 7.63. The highest BCUT2D eigenvalue weighted by atomic mass is 31.2. The molecule has 2 atom stereocenters. The smallest absolute Gasteiger partial charge is 0.469 e. The number of aliphatic hydroxyl groups is 3. The van der Waals surface area contributed by atoms with Gasteiger partial charge in [-0.1, -0.05) is 0 Å². The van der Waals surface area contributed by atoms with Crippen LogP contribution in [0.1, 0.15) is 13.3 Å². The van der Waals surface area contributed by atoms with E-state index in [2.05, 4.69) is 14.8 Å². The molecule has 11 nitrogen and oxygen atoms in total. The third kappa shape index (κ3) is 5.36. The number of carboxylic acids is 1. The zero-order chi connectivity index (χ0) is 20.4. The van der Waals surface area contributed by atoms with E-state index in [9.17, 15) is 24.7 Å². The van der Waals surface area contributed by atoms with Crippen LogP contribution in [0.5, 0.6) is 0 Å². The molecule has 0 spiro atoms. The van der Waals surface area contributed by atoms with E-state index in [1.54, 1.807) is 0 Å². The van der Waals surface area contributed by atoms with Crippen LogP contribution in [0.2, 0.25) is 0 Å². The Morgan fingerprint density at radius 3 is 2.70 bits per heavy atom. The lowest BCUT2D eigenvalue weighted by atomic mass is 9.93. The molecule has 27 heavy (non-hydrogen) atoms. The molecule has 0 radical (unpaired) electrons. The Morgan fingerprint density at radius 2 is 2.11 bits per heavy atom. The van der Waals surface area contributed by atoms with Crippen molar-refractivity contribution in [2.45, 2.75) is 25.6 Å². The zero-order valence-electron chi connectivity index (χ0n) is 14.1. The molecule has 0 amide bonds. The Hall–Kier alpha value is -2.27. The van der Waals surface area contributed by atoms with Gasteiger partial charge in [-0.3, -0.25) is 9.52 Å². The predicted molar refractivity (Wildman–Crippen MR) is 92.4 cm³/mol. The van der Waals surface area contributed by atoms with Crippen molar-refractivity contribution in [3.8, 4) is 0 Å². The molecule has 148 valence electrons. The van der Waals surface area contributed by atoms with Gasteiger partial charge in [-0.25, -0.2) is 9.36 Å². The second kappa shape index (κ2) is 8.17. The van der Waals surface area contributed by atoms with Gasteiger partial charge in [0.2, 0.25) is 0 Å². The number of rotatable bonds is 5. The molecule has 1 heterocycles. The fourth-order valence-electron chi connectivity index (χ4n) is 2.37. The predicted octanol–water partition coefficient (Wildman–Crippen LogP) is -0.166. The summed E-state index contributed by atoms with van der Waals surface area (Å²) in [5.41, 5.74) is 0.237. The summed E-state index contributed by atoms with van der Waals surface area (Å²) >= 11 is 0. The molecular weight excluding hydrogens is 383 g/mol. The van der Waals surface area contributed by atoms with Crippen molar-refractivity contribution in [2.75, 3.05) is 6.61 Å². The number of phosphoric acid groups is 1. The van der Waals surface area contributed by atoms with Gasteiger partial charge in [-0.15, -0.1) is 0 Å². The number of aliphatic hydroxyl groups excluding tert-OH is 3. The van der Waals surface area contributed by atoms with Gasteiger partial charge in [-0.05, 0) is 13.0 Å². The first kappa shape index (κ1) is 21.0. The first-order chi connectivity index (χ1) is 12.5. The average molecular weight is 402 g/mol. The van der Waals surface area contributed by atoms with Crippen LogP contribution in [0, 0.1) is 0 Å². The van der Waals surface area contributed by atoms with E-state index in [4.69, 9.17) is 14.9 Å². The summed E-state index contributed by atoms with van der Waals surface area (Å²) in [6, 6.07) is 0. The van der Waals surface area contributed by atoms with Crippen molar-refractivity contribution in [3.63, 3.8) is 0 Å². The van der Waals surface area contributed by atoms with Gasteiger partial charge in [0.1, 0.15) is 11.9 Å². The molecule has 0 fully saturated rings. The zero-order valence-corrected chi connectivity index (χ0v) is 15.0. The first-order valence-corrected chi connectivity index (χ1v) is 9.16. The fourth-order valence-corrected chi connectivity index (χ4v) is 2.68.